The fourth-order valence-corrected chi connectivity index (χ4v) is 2.79. The van der Waals surface area contributed by atoms with E-state index in [0.29, 0.717) is 30.0 Å². The van der Waals surface area contributed by atoms with Crippen LogP contribution < -0.4 is 10.1 Å². The van der Waals surface area contributed by atoms with Crippen LogP contribution in [-0.2, 0) is 13.2 Å². The summed E-state index contributed by atoms with van der Waals surface area (Å²) >= 11 is 0. The van der Waals surface area contributed by atoms with Crippen molar-refractivity contribution < 1.29 is 27.2 Å². The van der Waals surface area contributed by atoms with Gasteiger partial charge < -0.3 is 14.6 Å². The Hall–Kier alpha value is -3.44. The van der Waals surface area contributed by atoms with Crippen LogP contribution in [0, 0.1) is 5.92 Å². The first kappa shape index (κ1) is 20.8. The molecule has 1 aliphatic carbocycles. The van der Waals surface area contributed by atoms with Gasteiger partial charge in [0.1, 0.15) is 11.7 Å². The summed E-state index contributed by atoms with van der Waals surface area (Å²) in [5.74, 6) is 0.651. The van der Waals surface area contributed by atoms with Crippen LogP contribution in [0.3, 0.4) is 0 Å². The topological polar surface area (TPSA) is 108 Å². The van der Waals surface area contributed by atoms with E-state index in [4.69, 9.17) is 9.26 Å². The maximum absolute atomic E-state index is 12.8. The monoisotopic (exact) mass is 436 g/mol. The van der Waals surface area contributed by atoms with Crippen molar-refractivity contribution in [3.8, 4) is 17.3 Å². The van der Waals surface area contributed by atoms with Gasteiger partial charge in [0.25, 0.3) is 5.91 Å². The number of aryl methyl sites for hydroxylation is 1. The molecule has 1 fully saturated rings. The van der Waals surface area contributed by atoms with Gasteiger partial charge >= 0.3 is 6.18 Å². The number of aromatic nitrogens is 5. The zero-order chi connectivity index (χ0) is 22.2. The molecule has 0 bridgehead atoms. The Morgan fingerprint density at radius 2 is 2.16 bits per heavy atom. The molecule has 1 atom stereocenters. The minimum absolute atomic E-state index is 0.0961. The minimum atomic E-state index is -4.64. The van der Waals surface area contributed by atoms with E-state index in [2.05, 4.69) is 25.5 Å². The molecule has 1 aliphatic rings. The van der Waals surface area contributed by atoms with Crippen LogP contribution in [0.2, 0.25) is 0 Å². The number of hydrogen-bond donors (Lipinski definition) is 1. The Balaban J connectivity index is 1.43. The summed E-state index contributed by atoms with van der Waals surface area (Å²) in [5, 5.41) is 9.76. The maximum atomic E-state index is 12.8. The highest BCUT2D eigenvalue weighted by molar-refractivity contribution is 5.92. The summed E-state index contributed by atoms with van der Waals surface area (Å²) in [5.41, 5.74) is -0.772. The Labute approximate surface area is 174 Å². The number of nitrogens with one attached hydrogen (secondary N) is 1. The predicted octanol–water partition coefficient (Wildman–Crippen LogP) is 3.16. The fourth-order valence-electron chi connectivity index (χ4n) is 2.79. The lowest BCUT2D eigenvalue weighted by atomic mass is 10.2. The van der Waals surface area contributed by atoms with E-state index >= 15 is 0 Å². The third-order valence-electron chi connectivity index (χ3n) is 4.72. The SMILES string of the molecule is C[C@H](NC(=O)c1cc(C(F)(F)F)nn1C)c1nc(-c2ccnc(OCC3CC3)c2)no1. The third-order valence-corrected chi connectivity index (χ3v) is 4.72. The van der Waals surface area contributed by atoms with Gasteiger partial charge in [-0.1, -0.05) is 5.16 Å². The molecule has 1 amide bonds. The molecule has 1 saturated carbocycles. The number of amides is 1. The summed E-state index contributed by atoms with van der Waals surface area (Å²) in [6, 6.07) is 3.32. The second-order valence-corrected chi connectivity index (χ2v) is 7.32. The van der Waals surface area contributed by atoms with Crippen molar-refractivity contribution in [3.63, 3.8) is 0 Å². The highest BCUT2D eigenvalue weighted by Crippen LogP contribution is 2.30. The molecule has 9 nitrogen and oxygen atoms in total. The van der Waals surface area contributed by atoms with Crippen molar-refractivity contribution in [3.05, 3.63) is 41.7 Å². The summed E-state index contributed by atoms with van der Waals surface area (Å²) in [6.07, 6.45) is -0.754. The first-order chi connectivity index (χ1) is 14.7. The molecular weight excluding hydrogens is 417 g/mol. The first-order valence-corrected chi connectivity index (χ1v) is 9.55. The Morgan fingerprint density at radius 3 is 2.84 bits per heavy atom. The molecule has 0 aliphatic heterocycles. The second kappa shape index (κ2) is 8.00. The maximum Gasteiger partial charge on any atom is 0.435 e. The molecule has 0 unspecified atom stereocenters. The van der Waals surface area contributed by atoms with E-state index in [-0.39, 0.29) is 17.4 Å². The quantitative estimate of drug-likeness (QED) is 0.606. The van der Waals surface area contributed by atoms with Crippen LogP contribution in [-0.4, -0.2) is 37.4 Å². The zero-order valence-corrected chi connectivity index (χ0v) is 16.7. The van der Waals surface area contributed by atoms with Crippen LogP contribution in [0.5, 0.6) is 5.88 Å². The summed E-state index contributed by atoms with van der Waals surface area (Å²) in [4.78, 5) is 20.8. The molecule has 0 radical (unpaired) electrons. The summed E-state index contributed by atoms with van der Waals surface area (Å²) in [7, 11) is 1.26. The van der Waals surface area contributed by atoms with Gasteiger partial charge in [0, 0.05) is 30.9 Å². The van der Waals surface area contributed by atoms with Gasteiger partial charge in [-0.05, 0) is 31.7 Å². The fraction of sp³-hybridized carbons (Fsp3) is 0.421. The van der Waals surface area contributed by atoms with Gasteiger partial charge in [-0.15, -0.1) is 0 Å². The smallest absolute Gasteiger partial charge is 0.435 e. The number of alkyl halides is 3. The molecule has 3 aromatic heterocycles. The Kier molecular flexibility index (Phi) is 5.38. The lowest BCUT2D eigenvalue weighted by Gasteiger charge is -2.09. The van der Waals surface area contributed by atoms with Crippen molar-refractivity contribution in [2.24, 2.45) is 13.0 Å². The summed E-state index contributed by atoms with van der Waals surface area (Å²) < 4.78 is 50.1. The number of nitrogens with zero attached hydrogens (tertiary/aromatic N) is 5. The third kappa shape index (κ3) is 4.84. The lowest BCUT2D eigenvalue weighted by molar-refractivity contribution is -0.141. The van der Waals surface area contributed by atoms with Gasteiger partial charge in [-0.25, -0.2) is 4.98 Å². The minimum Gasteiger partial charge on any atom is -0.477 e. The van der Waals surface area contributed by atoms with Crippen molar-refractivity contribution in [1.82, 2.24) is 30.2 Å². The number of carbonyl (C=O) groups excluding carboxylic acids is 1. The number of rotatable bonds is 7. The van der Waals surface area contributed by atoms with Crippen LogP contribution in [0.15, 0.2) is 28.9 Å². The normalized spacial score (nSPS) is 15.0. The highest BCUT2D eigenvalue weighted by atomic mass is 19.4. The Bertz CT molecular complexity index is 1090. The zero-order valence-electron chi connectivity index (χ0n) is 16.7. The van der Waals surface area contributed by atoms with E-state index in [0.717, 1.165) is 17.5 Å². The van der Waals surface area contributed by atoms with E-state index in [1.54, 1.807) is 25.3 Å². The molecule has 3 aromatic rings. The molecule has 1 N–H and O–H groups in total. The van der Waals surface area contributed by atoms with Crippen LogP contribution in [0.4, 0.5) is 13.2 Å². The van der Waals surface area contributed by atoms with Crippen molar-refractivity contribution >= 4 is 5.91 Å². The van der Waals surface area contributed by atoms with Gasteiger partial charge in [0.15, 0.2) is 5.69 Å². The molecule has 0 spiro atoms. The number of halogens is 3. The Morgan fingerprint density at radius 1 is 1.39 bits per heavy atom. The van der Waals surface area contributed by atoms with Gasteiger partial charge in [-0.2, -0.15) is 23.3 Å². The largest absolute Gasteiger partial charge is 0.477 e. The molecule has 0 aromatic carbocycles. The summed E-state index contributed by atoms with van der Waals surface area (Å²) in [6.45, 7) is 2.19. The average Bonchev–Trinajstić information content (AvgIpc) is 3.24. The standard InChI is InChI=1S/C19H19F3N6O3/c1-10(24-17(29)13-8-14(19(20,21)22)26-28(13)2)18-25-16(27-31-18)12-5-6-23-15(7-12)30-9-11-3-4-11/h5-8,10-11H,3-4,9H2,1-2H3,(H,24,29)/t10-/m0/s1. The van der Waals surface area contributed by atoms with Crippen molar-refractivity contribution in [1.29, 1.82) is 0 Å². The van der Waals surface area contributed by atoms with Crippen molar-refractivity contribution in [2.45, 2.75) is 32.0 Å². The average molecular weight is 436 g/mol. The number of carbonyl (C=O) groups is 1. The second-order valence-electron chi connectivity index (χ2n) is 7.32. The van der Waals surface area contributed by atoms with Crippen molar-refractivity contribution in [2.75, 3.05) is 6.61 Å². The predicted molar refractivity (Wildman–Crippen MR) is 99.8 cm³/mol. The lowest BCUT2D eigenvalue weighted by Crippen LogP contribution is -2.28. The van der Waals surface area contributed by atoms with Gasteiger partial charge in [0.2, 0.25) is 17.6 Å². The van der Waals surface area contributed by atoms with E-state index in [9.17, 15) is 18.0 Å². The van der Waals surface area contributed by atoms with E-state index < -0.39 is 23.8 Å². The van der Waals surface area contributed by atoms with Crippen LogP contribution >= 0.6 is 0 Å². The van der Waals surface area contributed by atoms with E-state index in [1.165, 1.54) is 7.05 Å². The molecule has 0 saturated heterocycles. The molecule has 4 rings (SSSR count). The number of pyridine rings is 1. The molecule has 31 heavy (non-hydrogen) atoms. The molecule has 164 valence electrons. The highest BCUT2D eigenvalue weighted by Gasteiger charge is 2.35. The number of ether oxygens (including phenoxy) is 1. The number of hydrogen-bond acceptors (Lipinski definition) is 7. The van der Waals surface area contributed by atoms with E-state index in [1.807, 2.05) is 0 Å². The first-order valence-electron chi connectivity index (χ1n) is 9.55. The molecule has 12 heteroatoms. The molecule has 3 heterocycles. The molecular formula is C19H19F3N6O3. The van der Waals surface area contributed by atoms with Gasteiger partial charge in [-0.3, -0.25) is 9.48 Å². The van der Waals surface area contributed by atoms with Gasteiger partial charge in [0.05, 0.1) is 6.61 Å². The van der Waals surface area contributed by atoms with Crippen LogP contribution in [0.25, 0.3) is 11.4 Å². The van der Waals surface area contributed by atoms with Crippen LogP contribution in [0.1, 0.15) is 47.9 Å².